The molecule has 2 aromatic rings. The van der Waals surface area contributed by atoms with Gasteiger partial charge >= 0.3 is 6.03 Å². The Labute approximate surface area is 170 Å². The van der Waals surface area contributed by atoms with Crippen LogP contribution >= 0.6 is 11.6 Å². The maximum absolute atomic E-state index is 12.6. The third-order valence-electron chi connectivity index (χ3n) is 5.47. The van der Waals surface area contributed by atoms with Gasteiger partial charge in [-0.25, -0.2) is 14.8 Å². The number of urea groups is 1. The molecule has 1 aromatic carbocycles. The lowest BCUT2D eigenvalue weighted by molar-refractivity contribution is 0.208. The van der Waals surface area contributed by atoms with E-state index in [1.807, 2.05) is 30.0 Å². The van der Waals surface area contributed by atoms with Crippen molar-refractivity contribution in [3.63, 3.8) is 0 Å². The van der Waals surface area contributed by atoms with Gasteiger partial charge < -0.3 is 20.0 Å². The molecule has 8 heteroatoms. The van der Waals surface area contributed by atoms with E-state index in [1.54, 1.807) is 6.33 Å². The molecule has 4 rings (SSSR count). The molecular weight excluding hydrogens is 376 g/mol. The first-order chi connectivity index (χ1) is 13.6. The second kappa shape index (κ2) is 8.22. The van der Waals surface area contributed by atoms with E-state index in [0.29, 0.717) is 18.1 Å². The highest BCUT2D eigenvalue weighted by Crippen LogP contribution is 2.24. The van der Waals surface area contributed by atoms with Gasteiger partial charge in [0.2, 0.25) is 0 Å². The van der Waals surface area contributed by atoms with E-state index in [-0.39, 0.29) is 6.03 Å². The molecule has 0 unspecified atom stereocenters. The lowest BCUT2D eigenvalue weighted by atomic mass is 10.2. The van der Waals surface area contributed by atoms with Crippen molar-refractivity contribution in [3.8, 4) is 0 Å². The highest BCUT2D eigenvalue weighted by molar-refractivity contribution is 6.31. The van der Waals surface area contributed by atoms with Gasteiger partial charge in [-0.3, -0.25) is 0 Å². The molecule has 0 saturated carbocycles. The second-order valence-corrected chi connectivity index (χ2v) is 7.65. The van der Waals surface area contributed by atoms with Crippen LogP contribution < -0.4 is 15.1 Å². The number of hydrogen-bond acceptors (Lipinski definition) is 5. The van der Waals surface area contributed by atoms with Gasteiger partial charge in [0.05, 0.1) is 0 Å². The fourth-order valence-electron chi connectivity index (χ4n) is 3.71. The molecule has 2 saturated heterocycles. The van der Waals surface area contributed by atoms with Crippen LogP contribution in [0.1, 0.15) is 18.4 Å². The van der Waals surface area contributed by atoms with E-state index in [0.717, 1.165) is 49.1 Å². The number of amides is 2. The lowest BCUT2D eigenvalue weighted by Crippen LogP contribution is -2.50. The van der Waals surface area contributed by atoms with Gasteiger partial charge in [-0.1, -0.05) is 17.7 Å². The Kier molecular flexibility index (Phi) is 5.52. The zero-order valence-corrected chi connectivity index (χ0v) is 16.8. The Balaban J connectivity index is 1.36. The summed E-state index contributed by atoms with van der Waals surface area (Å²) in [5.74, 6) is 1.93. The van der Waals surface area contributed by atoms with Crippen molar-refractivity contribution in [1.82, 2.24) is 14.9 Å². The van der Waals surface area contributed by atoms with Crippen LogP contribution in [0.2, 0.25) is 5.02 Å². The van der Waals surface area contributed by atoms with Crippen LogP contribution in [0.3, 0.4) is 0 Å². The van der Waals surface area contributed by atoms with Crippen molar-refractivity contribution in [2.24, 2.45) is 0 Å². The first-order valence-electron chi connectivity index (χ1n) is 9.75. The number of carbonyl (C=O) groups excluding carboxylic acids is 1. The lowest BCUT2D eigenvalue weighted by Gasteiger charge is -2.35. The van der Waals surface area contributed by atoms with Crippen molar-refractivity contribution < 1.29 is 4.79 Å². The summed E-state index contributed by atoms with van der Waals surface area (Å²) in [5.41, 5.74) is 1.64. The van der Waals surface area contributed by atoms with Crippen LogP contribution in [0.5, 0.6) is 0 Å². The minimum Gasteiger partial charge on any atom is -0.356 e. The molecular formula is C20H25ClN6O. The van der Waals surface area contributed by atoms with Crippen LogP contribution in [-0.4, -0.2) is 60.2 Å². The molecule has 1 N–H and O–H groups in total. The number of nitrogens with one attached hydrogen (secondary N) is 1. The van der Waals surface area contributed by atoms with Gasteiger partial charge in [-0.2, -0.15) is 0 Å². The number of anilines is 3. The molecule has 148 valence electrons. The Bertz CT molecular complexity index is 846. The van der Waals surface area contributed by atoms with Crippen molar-refractivity contribution in [3.05, 3.63) is 41.2 Å². The number of rotatable bonds is 3. The Morgan fingerprint density at radius 3 is 2.32 bits per heavy atom. The van der Waals surface area contributed by atoms with Gasteiger partial charge in [-0.15, -0.1) is 0 Å². The van der Waals surface area contributed by atoms with Crippen molar-refractivity contribution >= 4 is 35.0 Å². The summed E-state index contributed by atoms with van der Waals surface area (Å²) in [6, 6.07) is 7.51. The molecule has 2 amide bonds. The fraction of sp³-hybridized carbons (Fsp3) is 0.450. The van der Waals surface area contributed by atoms with Crippen LogP contribution in [0, 0.1) is 6.92 Å². The van der Waals surface area contributed by atoms with Crippen LogP contribution in [0.4, 0.5) is 22.1 Å². The molecule has 28 heavy (non-hydrogen) atoms. The number of hydrogen-bond donors (Lipinski definition) is 1. The van der Waals surface area contributed by atoms with Gasteiger partial charge in [0.25, 0.3) is 0 Å². The first-order valence-corrected chi connectivity index (χ1v) is 10.1. The number of halogens is 1. The van der Waals surface area contributed by atoms with Crippen molar-refractivity contribution in [2.75, 3.05) is 54.4 Å². The average molecular weight is 401 g/mol. The highest BCUT2D eigenvalue weighted by Gasteiger charge is 2.23. The van der Waals surface area contributed by atoms with Gasteiger partial charge in [0.15, 0.2) is 0 Å². The summed E-state index contributed by atoms with van der Waals surface area (Å²) in [7, 11) is 0. The molecule has 2 fully saturated rings. The summed E-state index contributed by atoms with van der Waals surface area (Å²) in [5, 5.41) is 3.63. The predicted octanol–water partition coefficient (Wildman–Crippen LogP) is 3.39. The third-order valence-corrected chi connectivity index (χ3v) is 5.88. The molecule has 1 aromatic heterocycles. The summed E-state index contributed by atoms with van der Waals surface area (Å²) >= 11 is 6.14. The minimum atomic E-state index is -0.0922. The number of piperazine rings is 1. The largest absolute Gasteiger partial charge is 0.356 e. The van der Waals surface area contributed by atoms with E-state index >= 15 is 0 Å². The molecule has 2 aliphatic heterocycles. The van der Waals surface area contributed by atoms with Gasteiger partial charge in [0, 0.05) is 56.0 Å². The molecule has 0 aliphatic carbocycles. The van der Waals surface area contributed by atoms with E-state index in [1.165, 1.54) is 12.8 Å². The summed E-state index contributed by atoms with van der Waals surface area (Å²) in [6.07, 6.45) is 4.09. The summed E-state index contributed by atoms with van der Waals surface area (Å²) in [6.45, 7) is 6.82. The quantitative estimate of drug-likeness (QED) is 0.855. The Hall–Kier alpha value is -2.54. The zero-order valence-electron chi connectivity index (χ0n) is 16.1. The third kappa shape index (κ3) is 3.99. The number of aromatic nitrogens is 2. The molecule has 2 aliphatic rings. The normalized spacial score (nSPS) is 17.1. The number of nitrogens with zero attached hydrogens (tertiary/aromatic N) is 5. The topological polar surface area (TPSA) is 64.6 Å². The van der Waals surface area contributed by atoms with Gasteiger partial charge in [-0.05, 0) is 37.5 Å². The monoisotopic (exact) mass is 400 g/mol. The van der Waals surface area contributed by atoms with Crippen LogP contribution in [-0.2, 0) is 0 Å². The average Bonchev–Trinajstić information content (AvgIpc) is 3.27. The Morgan fingerprint density at radius 1 is 1.00 bits per heavy atom. The van der Waals surface area contributed by atoms with Crippen molar-refractivity contribution in [1.29, 1.82) is 0 Å². The van der Waals surface area contributed by atoms with Gasteiger partial charge in [0.1, 0.15) is 18.0 Å². The molecule has 0 spiro atoms. The molecule has 0 radical (unpaired) electrons. The first kappa shape index (κ1) is 18.8. The van der Waals surface area contributed by atoms with Crippen molar-refractivity contribution in [2.45, 2.75) is 19.8 Å². The maximum Gasteiger partial charge on any atom is 0.321 e. The van der Waals surface area contributed by atoms with Crippen LogP contribution in [0.15, 0.2) is 30.6 Å². The van der Waals surface area contributed by atoms with E-state index < -0.39 is 0 Å². The summed E-state index contributed by atoms with van der Waals surface area (Å²) < 4.78 is 0. The molecule has 7 nitrogen and oxygen atoms in total. The van der Waals surface area contributed by atoms with E-state index in [2.05, 4.69) is 31.2 Å². The highest BCUT2D eigenvalue weighted by atomic mass is 35.5. The SMILES string of the molecule is Cc1c(Cl)cccc1NC(=O)N1CCN(c2cc(N3CCCC3)ncn2)CC1. The standard InChI is InChI=1S/C20H25ClN6O/c1-15-16(21)5-4-6-17(15)24-20(28)27-11-9-26(10-12-27)19-13-18(22-14-23-19)25-7-2-3-8-25/h4-6,13-14H,2-3,7-12H2,1H3,(H,24,28). The second-order valence-electron chi connectivity index (χ2n) is 7.25. The molecule has 0 bridgehead atoms. The van der Waals surface area contributed by atoms with E-state index in [9.17, 15) is 4.79 Å². The smallest absolute Gasteiger partial charge is 0.321 e. The van der Waals surface area contributed by atoms with Crippen LogP contribution in [0.25, 0.3) is 0 Å². The predicted molar refractivity (Wildman–Crippen MR) is 112 cm³/mol. The number of benzene rings is 1. The summed E-state index contributed by atoms with van der Waals surface area (Å²) in [4.78, 5) is 27.9. The molecule has 0 atom stereocenters. The maximum atomic E-state index is 12.6. The zero-order chi connectivity index (χ0) is 19.5. The molecule has 3 heterocycles. The fourth-order valence-corrected chi connectivity index (χ4v) is 3.88. The van der Waals surface area contributed by atoms with E-state index in [4.69, 9.17) is 11.6 Å². The Morgan fingerprint density at radius 2 is 1.64 bits per heavy atom. The number of carbonyl (C=O) groups is 1. The minimum absolute atomic E-state index is 0.0922.